The van der Waals surface area contributed by atoms with Gasteiger partial charge in [0.15, 0.2) is 0 Å². The molecule has 1 aromatic carbocycles. The summed E-state index contributed by atoms with van der Waals surface area (Å²) in [5.41, 5.74) is 2.37. The number of halogens is 2. The molecule has 0 saturated heterocycles. The van der Waals surface area contributed by atoms with Gasteiger partial charge in [0.05, 0.1) is 0 Å². The Kier molecular flexibility index (Phi) is 4.72. The number of nitrogens with one attached hydrogen (secondary N) is 1. The average Bonchev–Trinajstić information content (AvgIpc) is 2.68. The summed E-state index contributed by atoms with van der Waals surface area (Å²) >= 11 is 12.4. The smallest absolute Gasteiger partial charge is 0.0453 e. The Hall–Kier alpha value is -0.240. The van der Waals surface area contributed by atoms with Crippen molar-refractivity contribution in [3.05, 3.63) is 34.3 Å². The highest BCUT2D eigenvalue weighted by atomic mass is 35.5. The van der Waals surface area contributed by atoms with Crippen molar-refractivity contribution in [3.8, 4) is 0 Å². The lowest BCUT2D eigenvalue weighted by molar-refractivity contribution is 0.494. The number of benzene rings is 1. The summed E-state index contributed by atoms with van der Waals surface area (Å²) in [6.07, 6.45) is 3.69. The summed E-state index contributed by atoms with van der Waals surface area (Å²) in [6, 6.07) is 6.21. The van der Waals surface area contributed by atoms with E-state index in [0.29, 0.717) is 11.3 Å². The third-order valence-electron chi connectivity index (χ3n) is 3.50. The first-order valence-corrected chi connectivity index (χ1v) is 7.08. The largest absolute Gasteiger partial charge is 0.312 e. The number of hydrogen-bond donors (Lipinski definition) is 1. The zero-order valence-electron chi connectivity index (χ0n) is 10.2. The van der Waals surface area contributed by atoms with Gasteiger partial charge >= 0.3 is 0 Å². The van der Waals surface area contributed by atoms with E-state index in [1.807, 2.05) is 6.07 Å². The molecule has 17 heavy (non-hydrogen) atoms. The van der Waals surface area contributed by atoms with Crippen molar-refractivity contribution < 1.29 is 0 Å². The van der Waals surface area contributed by atoms with Crippen molar-refractivity contribution >= 4 is 23.2 Å². The molecule has 0 bridgehead atoms. The van der Waals surface area contributed by atoms with Gasteiger partial charge in [0.25, 0.3) is 0 Å². The van der Waals surface area contributed by atoms with Gasteiger partial charge in [-0.1, -0.05) is 30.2 Å². The van der Waals surface area contributed by atoms with Crippen LogP contribution in [0.5, 0.6) is 0 Å². The second kappa shape index (κ2) is 6.08. The molecular formula is C14H19Cl2N. The molecule has 0 aliphatic heterocycles. The third kappa shape index (κ3) is 3.61. The van der Waals surface area contributed by atoms with Gasteiger partial charge in [-0.2, -0.15) is 0 Å². The minimum Gasteiger partial charge on any atom is -0.312 e. The first-order valence-electron chi connectivity index (χ1n) is 6.26. The summed E-state index contributed by atoms with van der Waals surface area (Å²) in [4.78, 5) is 0. The van der Waals surface area contributed by atoms with E-state index in [1.165, 1.54) is 30.4 Å². The predicted octanol–water partition coefficient (Wildman–Crippen LogP) is 4.15. The van der Waals surface area contributed by atoms with Crippen LogP contribution in [0.15, 0.2) is 18.2 Å². The van der Waals surface area contributed by atoms with Gasteiger partial charge in [-0.25, -0.2) is 0 Å². The molecule has 1 N–H and O–H groups in total. The fourth-order valence-electron chi connectivity index (χ4n) is 2.41. The second-order valence-electron chi connectivity index (χ2n) is 4.93. The Labute approximate surface area is 114 Å². The fourth-order valence-corrected chi connectivity index (χ4v) is 3.08. The first kappa shape index (κ1) is 13.2. The Bertz CT molecular complexity index is 378. The van der Waals surface area contributed by atoms with Crippen molar-refractivity contribution in [1.29, 1.82) is 0 Å². The Morgan fingerprint density at radius 3 is 2.82 bits per heavy atom. The topological polar surface area (TPSA) is 12.0 Å². The highest BCUT2D eigenvalue weighted by Crippen LogP contribution is 2.29. The van der Waals surface area contributed by atoms with E-state index >= 15 is 0 Å². The first-order chi connectivity index (χ1) is 8.16. The van der Waals surface area contributed by atoms with E-state index < -0.39 is 0 Å². The minimum absolute atomic E-state index is 0.357. The molecule has 1 aliphatic rings. The predicted molar refractivity (Wildman–Crippen MR) is 74.9 cm³/mol. The van der Waals surface area contributed by atoms with Crippen LogP contribution in [0.2, 0.25) is 5.02 Å². The van der Waals surface area contributed by atoms with E-state index in [2.05, 4.69) is 24.4 Å². The van der Waals surface area contributed by atoms with E-state index in [1.54, 1.807) is 0 Å². The molecule has 0 radical (unpaired) electrons. The van der Waals surface area contributed by atoms with Crippen LogP contribution in [0.3, 0.4) is 0 Å². The van der Waals surface area contributed by atoms with Crippen LogP contribution in [0.1, 0.15) is 30.4 Å². The number of aryl methyl sites for hydroxylation is 1. The van der Waals surface area contributed by atoms with Gasteiger partial charge < -0.3 is 5.32 Å². The summed E-state index contributed by atoms with van der Waals surface area (Å²) < 4.78 is 0. The molecule has 1 fully saturated rings. The quantitative estimate of drug-likeness (QED) is 0.812. The SMILES string of the molecule is Cc1ccc(CNCC2CCCC2Cl)c(Cl)c1. The summed E-state index contributed by atoms with van der Waals surface area (Å²) in [6.45, 7) is 3.89. The maximum absolute atomic E-state index is 6.25. The van der Waals surface area contributed by atoms with Crippen LogP contribution >= 0.6 is 23.2 Å². The maximum Gasteiger partial charge on any atom is 0.0453 e. The molecule has 0 heterocycles. The zero-order valence-corrected chi connectivity index (χ0v) is 11.7. The van der Waals surface area contributed by atoms with E-state index in [-0.39, 0.29) is 0 Å². The van der Waals surface area contributed by atoms with Gasteiger partial charge in [0, 0.05) is 16.9 Å². The normalized spacial score (nSPS) is 24.2. The van der Waals surface area contributed by atoms with Crippen molar-refractivity contribution in [2.75, 3.05) is 6.54 Å². The highest BCUT2D eigenvalue weighted by Gasteiger charge is 2.24. The maximum atomic E-state index is 6.25. The third-order valence-corrected chi connectivity index (χ3v) is 4.42. The molecule has 2 rings (SSSR count). The molecule has 1 aliphatic carbocycles. The lowest BCUT2D eigenvalue weighted by atomic mass is 10.1. The molecule has 0 aromatic heterocycles. The molecule has 2 atom stereocenters. The monoisotopic (exact) mass is 271 g/mol. The van der Waals surface area contributed by atoms with Gasteiger partial charge in [-0.15, -0.1) is 11.6 Å². The Morgan fingerprint density at radius 2 is 2.18 bits per heavy atom. The van der Waals surface area contributed by atoms with Crippen LogP contribution in [0.25, 0.3) is 0 Å². The molecular weight excluding hydrogens is 253 g/mol. The average molecular weight is 272 g/mol. The highest BCUT2D eigenvalue weighted by molar-refractivity contribution is 6.31. The molecule has 3 heteroatoms. The number of hydrogen-bond acceptors (Lipinski definition) is 1. The number of rotatable bonds is 4. The van der Waals surface area contributed by atoms with E-state index in [9.17, 15) is 0 Å². The van der Waals surface area contributed by atoms with Crippen molar-refractivity contribution in [1.82, 2.24) is 5.32 Å². The van der Waals surface area contributed by atoms with Crippen molar-refractivity contribution in [2.24, 2.45) is 5.92 Å². The Balaban J connectivity index is 1.81. The standard InChI is InChI=1S/C14H19Cl2N/c1-10-5-6-12(14(16)7-10)9-17-8-11-3-2-4-13(11)15/h5-7,11,13,17H,2-4,8-9H2,1H3. The van der Waals surface area contributed by atoms with Gasteiger partial charge in [0.1, 0.15) is 0 Å². The lowest BCUT2D eigenvalue weighted by Gasteiger charge is -2.15. The molecule has 2 unspecified atom stereocenters. The van der Waals surface area contributed by atoms with Gasteiger partial charge in [-0.3, -0.25) is 0 Å². The Morgan fingerprint density at radius 1 is 1.35 bits per heavy atom. The van der Waals surface area contributed by atoms with Crippen molar-refractivity contribution in [3.63, 3.8) is 0 Å². The fraction of sp³-hybridized carbons (Fsp3) is 0.571. The van der Waals surface area contributed by atoms with Crippen molar-refractivity contribution in [2.45, 2.75) is 38.1 Å². The van der Waals surface area contributed by atoms with Gasteiger partial charge in [-0.05, 0) is 49.4 Å². The number of alkyl halides is 1. The van der Waals surface area contributed by atoms with E-state index in [0.717, 1.165) is 18.1 Å². The molecule has 94 valence electrons. The molecule has 0 spiro atoms. The minimum atomic E-state index is 0.357. The second-order valence-corrected chi connectivity index (χ2v) is 5.90. The molecule has 1 aromatic rings. The van der Waals surface area contributed by atoms with E-state index in [4.69, 9.17) is 23.2 Å². The summed E-state index contributed by atoms with van der Waals surface area (Å²) in [5, 5.41) is 4.68. The van der Waals surface area contributed by atoms with Gasteiger partial charge in [0.2, 0.25) is 0 Å². The summed E-state index contributed by atoms with van der Waals surface area (Å²) in [7, 11) is 0. The van der Waals surface area contributed by atoms with Crippen LogP contribution in [-0.2, 0) is 6.54 Å². The van der Waals surface area contributed by atoms with Crippen LogP contribution in [0.4, 0.5) is 0 Å². The summed E-state index contributed by atoms with van der Waals surface area (Å²) in [5.74, 6) is 0.626. The van der Waals surface area contributed by atoms with Crippen LogP contribution in [0, 0.1) is 12.8 Å². The van der Waals surface area contributed by atoms with Crippen LogP contribution < -0.4 is 5.32 Å². The zero-order chi connectivity index (χ0) is 12.3. The lowest BCUT2D eigenvalue weighted by Crippen LogP contribution is -2.25. The molecule has 1 saturated carbocycles. The molecule has 0 amide bonds. The molecule has 1 nitrogen and oxygen atoms in total. The van der Waals surface area contributed by atoms with Crippen LogP contribution in [-0.4, -0.2) is 11.9 Å².